The molecule has 0 fully saturated rings. The predicted octanol–water partition coefficient (Wildman–Crippen LogP) is 3.61. The average Bonchev–Trinajstić information content (AvgIpc) is 3.16. The Morgan fingerprint density at radius 1 is 1.07 bits per heavy atom. The molecule has 2 aromatic carbocycles. The van der Waals surface area contributed by atoms with Crippen molar-refractivity contribution in [1.82, 2.24) is 9.97 Å². The molecule has 0 radical (unpaired) electrons. The number of ether oxygens (including phenoxy) is 3. The largest absolute Gasteiger partial charge is 0.496 e. The van der Waals surface area contributed by atoms with Crippen molar-refractivity contribution in [2.75, 3.05) is 31.1 Å². The third-order valence-corrected chi connectivity index (χ3v) is 4.17. The van der Waals surface area contributed by atoms with E-state index in [0.717, 1.165) is 34.9 Å². The number of fused-ring (bicyclic) bond motifs is 1. The predicted molar refractivity (Wildman–Crippen MR) is 103 cm³/mol. The number of para-hydroxylation sites is 1. The molecule has 2 heterocycles. The number of benzene rings is 2. The quantitative estimate of drug-likeness (QED) is 0.663. The second-order valence-corrected chi connectivity index (χ2v) is 5.95. The van der Waals surface area contributed by atoms with Gasteiger partial charge in [0.25, 0.3) is 0 Å². The van der Waals surface area contributed by atoms with Crippen LogP contribution in [-0.4, -0.2) is 30.4 Å². The Balaban J connectivity index is 1.37. The monoisotopic (exact) mass is 364 g/mol. The lowest BCUT2D eigenvalue weighted by atomic mass is 10.1. The van der Waals surface area contributed by atoms with Crippen LogP contribution in [0.25, 0.3) is 0 Å². The molecule has 0 saturated carbocycles. The first-order chi connectivity index (χ1) is 13.3. The first-order valence-electron chi connectivity index (χ1n) is 8.67. The number of anilines is 3. The Morgan fingerprint density at radius 3 is 2.89 bits per heavy atom. The molecule has 7 nitrogen and oxygen atoms in total. The van der Waals surface area contributed by atoms with Crippen molar-refractivity contribution in [2.24, 2.45) is 0 Å². The Kier molecular flexibility index (Phi) is 4.91. The van der Waals surface area contributed by atoms with E-state index in [2.05, 4.69) is 26.7 Å². The van der Waals surface area contributed by atoms with Crippen molar-refractivity contribution in [3.8, 4) is 17.2 Å². The summed E-state index contributed by atoms with van der Waals surface area (Å²) in [5.74, 6) is 3.63. The van der Waals surface area contributed by atoms with E-state index in [9.17, 15) is 0 Å². The molecule has 138 valence electrons. The Morgan fingerprint density at radius 2 is 1.96 bits per heavy atom. The fourth-order valence-electron chi connectivity index (χ4n) is 2.85. The van der Waals surface area contributed by atoms with Gasteiger partial charge in [-0.1, -0.05) is 18.2 Å². The van der Waals surface area contributed by atoms with Crippen LogP contribution in [0.15, 0.2) is 54.7 Å². The molecule has 0 spiro atoms. The highest BCUT2D eigenvalue weighted by atomic mass is 16.7. The van der Waals surface area contributed by atoms with Gasteiger partial charge >= 0.3 is 0 Å². The maximum atomic E-state index is 5.40. The lowest BCUT2D eigenvalue weighted by molar-refractivity contribution is 0.174. The van der Waals surface area contributed by atoms with Gasteiger partial charge in [0.2, 0.25) is 12.7 Å². The Labute approximate surface area is 157 Å². The lowest BCUT2D eigenvalue weighted by Gasteiger charge is -2.10. The standard InChI is InChI=1S/C20H20N4O3/c1-25-16-5-3-2-4-14(16)8-10-21-20-22-11-9-19(24-20)23-15-6-7-17-18(12-15)27-13-26-17/h2-7,9,11-12H,8,10,13H2,1H3,(H2,21,22,23,24). The van der Waals surface area contributed by atoms with Gasteiger partial charge in [-0.05, 0) is 36.2 Å². The number of hydrogen-bond donors (Lipinski definition) is 2. The van der Waals surface area contributed by atoms with E-state index in [1.807, 2.05) is 42.5 Å². The maximum Gasteiger partial charge on any atom is 0.231 e. The smallest absolute Gasteiger partial charge is 0.231 e. The minimum Gasteiger partial charge on any atom is -0.496 e. The first-order valence-corrected chi connectivity index (χ1v) is 8.67. The van der Waals surface area contributed by atoms with Crippen LogP contribution in [0.4, 0.5) is 17.5 Å². The van der Waals surface area contributed by atoms with Gasteiger partial charge in [-0.25, -0.2) is 4.98 Å². The summed E-state index contributed by atoms with van der Waals surface area (Å²) in [4.78, 5) is 8.77. The molecule has 0 bridgehead atoms. The number of methoxy groups -OCH3 is 1. The number of aromatic nitrogens is 2. The Hall–Kier alpha value is -3.48. The summed E-state index contributed by atoms with van der Waals surface area (Å²) >= 11 is 0. The molecule has 2 N–H and O–H groups in total. The summed E-state index contributed by atoms with van der Waals surface area (Å²) < 4.78 is 16.1. The van der Waals surface area contributed by atoms with E-state index in [1.165, 1.54) is 0 Å². The van der Waals surface area contributed by atoms with E-state index < -0.39 is 0 Å². The molecule has 7 heteroatoms. The van der Waals surface area contributed by atoms with Gasteiger partial charge < -0.3 is 24.8 Å². The van der Waals surface area contributed by atoms with Crippen molar-refractivity contribution in [3.05, 3.63) is 60.3 Å². The fraction of sp³-hybridized carbons (Fsp3) is 0.200. The Bertz CT molecular complexity index is 933. The van der Waals surface area contributed by atoms with Crippen LogP contribution in [-0.2, 0) is 6.42 Å². The van der Waals surface area contributed by atoms with Gasteiger partial charge in [0.1, 0.15) is 11.6 Å². The average molecular weight is 364 g/mol. The van der Waals surface area contributed by atoms with Crippen LogP contribution in [0.2, 0.25) is 0 Å². The van der Waals surface area contributed by atoms with Crippen LogP contribution in [0, 0.1) is 0 Å². The molecule has 0 unspecified atom stereocenters. The van der Waals surface area contributed by atoms with E-state index in [-0.39, 0.29) is 6.79 Å². The lowest BCUT2D eigenvalue weighted by Crippen LogP contribution is -2.09. The van der Waals surface area contributed by atoms with E-state index in [1.54, 1.807) is 13.3 Å². The van der Waals surface area contributed by atoms with Crippen molar-refractivity contribution in [1.29, 1.82) is 0 Å². The topological polar surface area (TPSA) is 77.5 Å². The summed E-state index contributed by atoms with van der Waals surface area (Å²) in [6, 6.07) is 15.5. The molecule has 0 aliphatic carbocycles. The first kappa shape index (κ1) is 17.0. The number of nitrogens with one attached hydrogen (secondary N) is 2. The van der Waals surface area contributed by atoms with Gasteiger partial charge in [0.15, 0.2) is 11.5 Å². The summed E-state index contributed by atoms with van der Waals surface area (Å²) in [5.41, 5.74) is 2.01. The minimum atomic E-state index is 0.257. The summed E-state index contributed by atoms with van der Waals surface area (Å²) in [7, 11) is 1.68. The van der Waals surface area contributed by atoms with Crippen LogP contribution in [0.1, 0.15) is 5.56 Å². The number of hydrogen-bond acceptors (Lipinski definition) is 7. The SMILES string of the molecule is COc1ccccc1CCNc1nccc(Nc2ccc3c(c2)OCO3)n1. The zero-order valence-corrected chi connectivity index (χ0v) is 14.9. The van der Waals surface area contributed by atoms with Gasteiger partial charge in [-0.2, -0.15) is 4.98 Å². The van der Waals surface area contributed by atoms with Crippen LogP contribution >= 0.6 is 0 Å². The summed E-state index contributed by atoms with van der Waals surface area (Å²) in [6.07, 6.45) is 2.53. The zero-order chi connectivity index (χ0) is 18.5. The highest BCUT2D eigenvalue weighted by molar-refractivity contribution is 5.62. The highest BCUT2D eigenvalue weighted by Gasteiger charge is 2.13. The highest BCUT2D eigenvalue weighted by Crippen LogP contribution is 2.34. The fourth-order valence-corrected chi connectivity index (χ4v) is 2.85. The van der Waals surface area contributed by atoms with E-state index in [0.29, 0.717) is 18.3 Å². The van der Waals surface area contributed by atoms with Gasteiger partial charge in [-0.3, -0.25) is 0 Å². The second kappa shape index (κ2) is 7.82. The third kappa shape index (κ3) is 4.03. The number of nitrogens with zero attached hydrogens (tertiary/aromatic N) is 2. The summed E-state index contributed by atoms with van der Waals surface area (Å²) in [6.45, 7) is 0.959. The maximum absolute atomic E-state index is 5.40. The van der Waals surface area contributed by atoms with Gasteiger partial charge in [-0.15, -0.1) is 0 Å². The third-order valence-electron chi connectivity index (χ3n) is 4.17. The zero-order valence-electron chi connectivity index (χ0n) is 14.9. The van der Waals surface area contributed by atoms with Gasteiger partial charge in [0.05, 0.1) is 7.11 Å². The molecule has 0 atom stereocenters. The van der Waals surface area contributed by atoms with Crippen LogP contribution < -0.4 is 24.8 Å². The molecule has 3 aromatic rings. The molecule has 0 saturated heterocycles. The van der Waals surface area contributed by atoms with E-state index in [4.69, 9.17) is 14.2 Å². The molecule has 1 aliphatic rings. The van der Waals surface area contributed by atoms with Gasteiger partial charge in [0, 0.05) is 24.5 Å². The van der Waals surface area contributed by atoms with Crippen molar-refractivity contribution in [2.45, 2.75) is 6.42 Å². The summed E-state index contributed by atoms with van der Waals surface area (Å²) in [5, 5.41) is 6.50. The second-order valence-electron chi connectivity index (χ2n) is 5.95. The number of rotatable bonds is 7. The molecular formula is C20H20N4O3. The van der Waals surface area contributed by atoms with Crippen molar-refractivity contribution < 1.29 is 14.2 Å². The van der Waals surface area contributed by atoms with Crippen LogP contribution in [0.5, 0.6) is 17.2 Å². The molecule has 27 heavy (non-hydrogen) atoms. The molecule has 1 aliphatic heterocycles. The van der Waals surface area contributed by atoms with Crippen molar-refractivity contribution in [3.63, 3.8) is 0 Å². The molecule has 1 aromatic heterocycles. The minimum absolute atomic E-state index is 0.257. The van der Waals surface area contributed by atoms with Crippen LogP contribution in [0.3, 0.4) is 0 Å². The van der Waals surface area contributed by atoms with Crippen molar-refractivity contribution >= 4 is 17.5 Å². The molecule has 4 rings (SSSR count). The molecule has 0 amide bonds. The van der Waals surface area contributed by atoms with E-state index >= 15 is 0 Å². The normalized spacial score (nSPS) is 11.9. The molecular weight excluding hydrogens is 344 g/mol.